The molecular formula is C28H35N5O2. The van der Waals surface area contributed by atoms with Crippen molar-refractivity contribution >= 4 is 17.5 Å². The van der Waals surface area contributed by atoms with Gasteiger partial charge in [0, 0.05) is 42.9 Å². The zero-order valence-electron chi connectivity index (χ0n) is 20.7. The normalized spacial score (nSPS) is 15.3. The average molecular weight is 474 g/mol. The fourth-order valence-corrected chi connectivity index (χ4v) is 4.63. The maximum Gasteiger partial charge on any atom is 0.254 e. The first-order valence-electron chi connectivity index (χ1n) is 12.7. The van der Waals surface area contributed by atoms with E-state index in [2.05, 4.69) is 29.0 Å². The molecule has 1 N–H and O–H groups in total. The minimum Gasteiger partial charge on any atom is -0.334 e. The number of benzene rings is 2. The lowest BCUT2D eigenvalue weighted by Gasteiger charge is -2.30. The summed E-state index contributed by atoms with van der Waals surface area (Å²) in [5.41, 5.74) is 3.38. The molecule has 2 amide bonds. The van der Waals surface area contributed by atoms with Crippen molar-refractivity contribution in [1.82, 2.24) is 20.1 Å². The van der Waals surface area contributed by atoms with Crippen molar-refractivity contribution in [1.29, 1.82) is 0 Å². The largest absolute Gasteiger partial charge is 0.334 e. The van der Waals surface area contributed by atoms with Gasteiger partial charge in [-0.1, -0.05) is 63.4 Å². The van der Waals surface area contributed by atoms with Crippen LogP contribution in [0.3, 0.4) is 0 Å². The minimum absolute atomic E-state index is 0.0155. The van der Waals surface area contributed by atoms with Crippen molar-refractivity contribution in [3.05, 3.63) is 66.0 Å². The van der Waals surface area contributed by atoms with Gasteiger partial charge in [-0.15, -0.1) is 0 Å². The molecule has 0 aliphatic carbocycles. The maximum atomic E-state index is 13.7. The number of aromatic amines is 1. The highest BCUT2D eigenvalue weighted by molar-refractivity contribution is 5.96. The summed E-state index contributed by atoms with van der Waals surface area (Å²) in [6.45, 7) is 6.02. The molecule has 3 aromatic rings. The number of carbonyl (C=O) groups is 2. The number of para-hydroxylation sites is 1. The summed E-state index contributed by atoms with van der Waals surface area (Å²) in [5.74, 6) is 1.07. The van der Waals surface area contributed by atoms with Gasteiger partial charge < -0.3 is 9.80 Å². The Morgan fingerprint density at radius 1 is 0.971 bits per heavy atom. The van der Waals surface area contributed by atoms with Gasteiger partial charge in [0.2, 0.25) is 5.91 Å². The number of anilines is 1. The van der Waals surface area contributed by atoms with E-state index in [4.69, 9.17) is 0 Å². The number of nitrogens with one attached hydrogen (secondary N) is 1. The van der Waals surface area contributed by atoms with Gasteiger partial charge in [0.15, 0.2) is 5.82 Å². The van der Waals surface area contributed by atoms with E-state index in [9.17, 15) is 9.59 Å². The van der Waals surface area contributed by atoms with Gasteiger partial charge in [-0.3, -0.25) is 14.7 Å². The molecule has 0 radical (unpaired) electrons. The van der Waals surface area contributed by atoms with Gasteiger partial charge >= 0.3 is 0 Å². The number of nitrogens with zero attached hydrogens (tertiary/aromatic N) is 4. The summed E-state index contributed by atoms with van der Waals surface area (Å²) in [4.78, 5) is 35.0. The molecule has 0 spiro atoms. The molecule has 4 rings (SSSR count). The maximum absolute atomic E-state index is 13.7. The molecule has 0 fully saturated rings. The summed E-state index contributed by atoms with van der Waals surface area (Å²) in [5, 5.41) is 6.79. The van der Waals surface area contributed by atoms with Crippen LogP contribution in [-0.2, 0) is 11.3 Å². The van der Waals surface area contributed by atoms with Crippen molar-refractivity contribution in [2.24, 2.45) is 5.92 Å². The van der Waals surface area contributed by atoms with Crippen LogP contribution in [0.15, 0.2) is 54.9 Å². The Kier molecular flexibility index (Phi) is 8.29. The minimum atomic E-state index is -0.0155. The zero-order chi connectivity index (χ0) is 24.6. The second-order valence-corrected chi connectivity index (χ2v) is 9.68. The predicted molar refractivity (Wildman–Crippen MR) is 138 cm³/mol. The van der Waals surface area contributed by atoms with Gasteiger partial charge in [0.25, 0.3) is 5.91 Å². The number of aromatic nitrogens is 3. The molecule has 2 heterocycles. The highest BCUT2D eigenvalue weighted by Crippen LogP contribution is 2.27. The van der Waals surface area contributed by atoms with Crippen molar-refractivity contribution in [2.75, 3.05) is 18.0 Å². The van der Waals surface area contributed by atoms with Gasteiger partial charge in [-0.2, -0.15) is 5.10 Å². The number of hydrogen-bond acceptors (Lipinski definition) is 4. The first kappa shape index (κ1) is 24.6. The Bertz CT molecular complexity index is 1130. The van der Waals surface area contributed by atoms with E-state index in [1.165, 1.54) is 6.33 Å². The first-order chi connectivity index (χ1) is 17.0. The van der Waals surface area contributed by atoms with E-state index < -0.39 is 0 Å². The Hall–Kier alpha value is -3.48. The van der Waals surface area contributed by atoms with Gasteiger partial charge in [-0.05, 0) is 42.5 Å². The van der Waals surface area contributed by atoms with E-state index in [0.29, 0.717) is 36.8 Å². The smallest absolute Gasteiger partial charge is 0.254 e. The molecular weight excluding hydrogens is 438 g/mol. The van der Waals surface area contributed by atoms with Crippen LogP contribution in [0, 0.1) is 5.92 Å². The van der Waals surface area contributed by atoms with Crippen molar-refractivity contribution in [3.63, 3.8) is 0 Å². The summed E-state index contributed by atoms with van der Waals surface area (Å²) >= 11 is 0. The van der Waals surface area contributed by atoms with Crippen LogP contribution < -0.4 is 4.90 Å². The average Bonchev–Trinajstić information content (AvgIpc) is 3.39. The molecule has 0 bridgehead atoms. The SMILES string of the molecule is CC(C)CC(=O)N1CCCCCCCN(C(=O)c2cccc(-c3ncn[nH]3)c2)Cc2ccccc21. The highest BCUT2D eigenvalue weighted by atomic mass is 16.2. The molecule has 1 aliphatic heterocycles. The molecule has 0 atom stereocenters. The molecule has 0 unspecified atom stereocenters. The Morgan fingerprint density at radius 3 is 2.51 bits per heavy atom. The van der Waals surface area contributed by atoms with Crippen LogP contribution in [0.2, 0.25) is 0 Å². The summed E-state index contributed by atoms with van der Waals surface area (Å²) in [6, 6.07) is 15.5. The standard InChI is InChI=1S/C28H35N5O2/c1-21(2)17-26(34)33-16-9-5-3-4-8-15-32(19-24-11-6-7-14-25(24)33)28(35)23-13-10-12-22(18-23)27-29-20-30-31-27/h6-7,10-14,18,20-21H,3-5,8-9,15-17,19H2,1-2H3,(H,29,30,31). The number of carbonyl (C=O) groups excluding carboxylic acids is 2. The number of H-pyrrole nitrogens is 1. The fourth-order valence-electron chi connectivity index (χ4n) is 4.63. The van der Waals surface area contributed by atoms with Crippen molar-refractivity contribution in [2.45, 2.75) is 58.9 Å². The lowest BCUT2D eigenvalue weighted by atomic mass is 10.0. The zero-order valence-corrected chi connectivity index (χ0v) is 20.7. The molecule has 2 aromatic carbocycles. The number of rotatable bonds is 4. The Morgan fingerprint density at radius 2 is 1.74 bits per heavy atom. The summed E-state index contributed by atoms with van der Waals surface area (Å²) in [7, 11) is 0. The third kappa shape index (κ3) is 6.35. The van der Waals surface area contributed by atoms with E-state index in [-0.39, 0.29) is 11.8 Å². The molecule has 7 nitrogen and oxygen atoms in total. The van der Waals surface area contributed by atoms with Crippen LogP contribution in [0.1, 0.15) is 68.3 Å². The quantitative estimate of drug-likeness (QED) is 0.546. The van der Waals surface area contributed by atoms with E-state index in [1.807, 2.05) is 58.3 Å². The Balaban J connectivity index is 1.65. The third-order valence-electron chi connectivity index (χ3n) is 6.42. The topological polar surface area (TPSA) is 82.2 Å². The Labute approximate surface area is 207 Å². The van der Waals surface area contributed by atoms with Crippen LogP contribution in [0.5, 0.6) is 0 Å². The van der Waals surface area contributed by atoms with E-state index in [0.717, 1.165) is 55.5 Å². The van der Waals surface area contributed by atoms with Gasteiger partial charge in [0.1, 0.15) is 6.33 Å². The first-order valence-corrected chi connectivity index (χ1v) is 12.7. The molecule has 1 aromatic heterocycles. The fraction of sp³-hybridized carbons (Fsp3) is 0.429. The lowest BCUT2D eigenvalue weighted by Crippen LogP contribution is -2.36. The summed E-state index contributed by atoms with van der Waals surface area (Å²) < 4.78 is 0. The second kappa shape index (κ2) is 11.8. The van der Waals surface area contributed by atoms with Crippen molar-refractivity contribution < 1.29 is 9.59 Å². The number of fused-ring (bicyclic) bond motifs is 1. The third-order valence-corrected chi connectivity index (χ3v) is 6.42. The predicted octanol–water partition coefficient (Wildman–Crippen LogP) is 5.46. The second-order valence-electron chi connectivity index (χ2n) is 9.68. The summed E-state index contributed by atoms with van der Waals surface area (Å²) in [6.07, 6.45) is 7.21. The van der Waals surface area contributed by atoms with Crippen LogP contribution in [0.25, 0.3) is 11.4 Å². The molecule has 0 saturated carbocycles. The van der Waals surface area contributed by atoms with E-state index >= 15 is 0 Å². The van der Waals surface area contributed by atoms with Gasteiger partial charge in [-0.25, -0.2) is 4.98 Å². The van der Waals surface area contributed by atoms with Crippen LogP contribution in [0.4, 0.5) is 5.69 Å². The monoisotopic (exact) mass is 473 g/mol. The molecule has 1 aliphatic rings. The molecule has 35 heavy (non-hydrogen) atoms. The highest BCUT2D eigenvalue weighted by Gasteiger charge is 2.23. The van der Waals surface area contributed by atoms with Gasteiger partial charge in [0.05, 0.1) is 0 Å². The molecule has 184 valence electrons. The molecule has 7 heteroatoms. The lowest BCUT2D eigenvalue weighted by molar-refractivity contribution is -0.119. The molecule has 0 saturated heterocycles. The number of hydrogen-bond donors (Lipinski definition) is 1. The number of amides is 2. The van der Waals surface area contributed by atoms with Crippen molar-refractivity contribution in [3.8, 4) is 11.4 Å². The van der Waals surface area contributed by atoms with Crippen LogP contribution in [-0.4, -0.2) is 45.0 Å². The van der Waals surface area contributed by atoms with Crippen LogP contribution >= 0.6 is 0 Å². The van der Waals surface area contributed by atoms with E-state index in [1.54, 1.807) is 0 Å².